The second-order valence-electron chi connectivity index (χ2n) is 8.52. The van der Waals surface area contributed by atoms with Gasteiger partial charge in [0.2, 0.25) is 0 Å². The minimum Gasteiger partial charge on any atom is -0.165 e. The SMILES string of the molecule is Cc1cc2c(-c3ccccc3)cccc2[cH-]1.Cc1ccccc1Pc1cc2ccccc2[cH-]1.[Ti+2]. The summed E-state index contributed by atoms with van der Waals surface area (Å²) in [6.07, 6.45) is 0. The van der Waals surface area contributed by atoms with Crippen molar-refractivity contribution in [1.29, 1.82) is 0 Å². The van der Waals surface area contributed by atoms with E-state index in [0.717, 1.165) is 8.58 Å². The molecule has 34 heavy (non-hydrogen) atoms. The number of rotatable bonds is 3. The van der Waals surface area contributed by atoms with Crippen LogP contribution >= 0.6 is 8.58 Å². The van der Waals surface area contributed by atoms with E-state index in [2.05, 4.69) is 135 Å². The molecule has 1 atom stereocenters. The molecule has 164 valence electrons. The summed E-state index contributed by atoms with van der Waals surface area (Å²) in [7, 11) is 0.759. The summed E-state index contributed by atoms with van der Waals surface area (Å²) in [5.41, 5.74) is 5.33. The standard InChI is InChI=1S/C16H14P.C16H13.Ti/c1-12-6-2-5-9-16(12)17-15-10-13-7-3-4-8-14(13)11-15;1-12-10-14-8-5-9-15(16(14)11-12)13-6-3-2-4-7-13;/h2-11,17H,1H3;2-11H,1H3;/q2*-1;+2. The Hall–Kier alpha value is -2.76. The van der Waals surface area contributed by atoms with E-state index < -0.39 is 0 Å². The fraction of sp³-hybridized carbons (Fsp3) is 0.0625. The molecule has 0 bridgehead atoms. The van der Waals surface area contributed by atoms with E-state index in [9.17, 15) is 0 Å². The number of hydrogen-bond acceptors (Lipinski definition) is 0. The Kier molecular flexibility index (Phi) is 7.97. The first-order valence-electron chi connectivity index (χ1n) is 11.4. The summed E-state index contributed by atoms with van der Waals surface area (Å²) >= 11 is 0. The van der Waals surface area contributed by atoms with Crippen LogP contribution in [-0.2, 0) is 21.7 Å². The van der Waals surface area contributed by atoms with Crippen molar-refractivity contribution in [2.24, 2.45) is 0 Å². The van der Waals surface area contributed by atoms with Crippen molar-refractivity contribution in [1.82, 2.24) is 0 Å². The van der Waals surface area contributed by atoms with Crippen LogP contribution in [0.25, 0.3) is 32.7 Å². The molecule has 0 heterocycles. The predicted octanol–water partition coefficient (Wildman–Crippen LogP) is 8.03. The van der Waals surface area contributed by atoms with Gasteiger partial charge in [-0.3, -0.25) is 0 Å². The van der Waals surface area contributed by atoms with E-state index in [1.807, 2.05) is 0 Å². The Bertz CT molecular complexity index is 1470. The molecule has 0 radical (unpaired) electrons. The van der Waals surface area contributed by atoms with Crippen molar-refractivity contribution in [2.75, 3.05) is 0 Å². The molecule has 1 unspecified atom stereocenters. The second-order valence-corrected chi connectivity index (χ2v) is 9.89. The molecule has 0 N–H and O–H groups in total. The Morgan fingerprint density at radius 1 is 0.618 bits per heavy atom. The monoisotopic (exact) mass is 490 g/mol. The molecule has 0 fully saturated rings. The molecule has 0 aliphatic carbocycles. The molecule has 6 rings (SSSR count). The Labute approximate surface area is 219 Å². The summed E-state index contributed by atoms with van der Waals surface area (Å²) in [5.74, 6) is 0. The van der Waals surface area contributed by atoms with Gasteiger partial charge in [-0.15, -0.1) is 74.9 Å². The van der Waals surface area contributed by atoms with Crippen LogP contribution in [0.15, 0.2) is 121 Å². The van der Waals surface area contributed by atoms with Crippen molar-refractivity contribution >= 4 is 40.7 Å². The van der Waals surface area contributed by atoms with Crippen LogP contribution in [0.4, 0.5) is 0 Å². The van der Waals surface area contributed by atoms with Gasteiger partial charge in [-0.2, -0.15) is 12.1 Å². The zero-order chi connectivity index (χ0) is 22.6. The molecule has 2 heteroatoms. The average molecular weight is 490 g/mol. The summed E-state index contributed by atoms with van der Waals surface area (Å²) < 4.78 is 0. The minimum atomic E-state index is 0. The van der Waals surface area contributed by atoms with E-state index in [1.54, 1.807) is 0 Å². The minimum absolute atomic E-state index is 0. The maximum Gasteiger partial charge on any atom is 2.00 e. The first-order valence-corrected chi connectivity index (χ1v) is 12.4. The van der Waals surface area contributed by atoms with Crippen molar-refractivity contribution in [3.05, 3.63) is 132 Å². The van der Waals surface area contributed by atoms with Gasteiger partial charge in [-0.25, -0.2) is 0 Å². The third-order valence-corrected chi connectivity index (χ3v) is 7.43. The van der Waals surface area contributed by atoms with Crippen LogP contribution in [0.3, 0.4) is 0 Å². The molecule has 0 saturated heterocycles. The van der Waals surface area contributed by atoms with E-state index in [1.165, 1.54) is 54.4 Å². The molecule has 0 amide bonds. The van der Waals surface area contributed by atoms with Crippen molar-refractivity contribution in [3.8, 4) is 11.1 Å². The summed E-state index contributed by atoms with van der Waals surface area (Å²) in [4.78, 5) is 0. The zero-order valence-corrected chi connectivity index (χ0v) is 22.1. The quantitative estimate of drug-likeness (QED) is 0.134. The Balaban J connectivity index is 0.000000157. The molecule has 0 saturated carbocycles. The maximum atomic E-state index is 2.31. The molecule has 0 spiro atoms. The van der Waals surface area contributed by atoms with Gasteiger partial charge in [0.1, 0.15) is 0 Å². The van der Waals surface area contributed by atoms with Crippen LogP contribution in [-0.4, -0.2) is 0 Å². The Morgan fingerprint density at radius 3 is 2.12 bits per heavy atom. The van der Waals surface area contributed by atoms with Gasteiger partial charge in [0.05, 0.1) is 0 Å². The van der Waals surface area contributed by atoms with Gasteiger partial charge in [-0.05, 0) is 23.4 Å². The fourth-order valence-corrected chi connectivity index (χ4v) is 5.57. The third kappa shape index (κ3) is 5.48. The first-order chi connectivity index (χ1) is 16.2. The van der Waals surface area contributed by atoms with Gasteiger partial charge < -0.3 is 0 Å². The van der Waals surface area contributed by atoms with Gasteiger partial charge in [0, 0.05) is 0 Å². The van der Waals surface area contributed by atoms with Crippen molar-refractivity contribution in [2.45, 2.75) is 13.8 Å². The van der Waals surface area contributed by atoms with Crippen LogP contribution in [0.5, 0.6) is 0 Å². The topological polar surface area (TPSA) is 0 Å². The zero-order valence-electron chi connectivity index (χ0n) is 19.5. The van der Waals surface area contributed by atoms with Crippen LogP contribution in [0, 0.1) is 13.8 Å². The van der Waals surface area contributed by atoms with Crippen LogP contribution in [0.1, 0.15) is 11.1 Å². The van der Waals surface area contributed by atoms with Gasteiger partial charge in [0.25, 0.3) is 0 Å². The summed E-state index contributed by atoms with van der Waals surface area (Å²) in [5, 5.41) is 8.26. The van der Waals surface area contributed by atoms with Crippen molar-refractivity contribution < 1.29 is 21.7 Å². The number of aryl methyl sites for hydroxylation is 2. The molecular formula is C32H27PTi. The number of hydrogen-bond donors (Lipinski definition) is 0. The van der Waals surface area contributed by atoms with Crippen LogP contribution < -0.4 is 10.6 Å². The molecule has 6 aromatic rings. The smallest absolute Gasteiger partial charge is 0.165 e. The Morgan fingerprint density at radius 2 is 1.32 bits per heavy atom. The summed E-state index contributed by atoms with van der Waals surface area (Å²) in [6, 6.07) is 43.4. The maximum absolute atomic E-state index is 2.31. The second kappa shape index (κ2) is 11.1. The first kappa shape index (κ1) is 24.4. The summed E-state index contributed by atoms with van der Waals surface area (Å²) in [6.45, 7) is 4.33. The van der Waals surface area contributed by atoms with E-state index in [4.69, 9.17) is 0 Å². The third-order valence-electron chi connectivity index (χ3n) is 6.02. The van der Waals surface area contributed by atoms with E-state index >= 15 is 0 Å². The van der Waals surface area contributed by atoms with Gasteiger partial charge >= 0.3 is 21.7 Å². The van der Waals surface area contributed by atoms with Crippen LogP contribution in [0.2, 0.25) is 0 Å². The molecule has 0 aliphatic heterocycles. The predicted molar refractivity (Wildman–Crippen MR) is 148 cm³/mol. The molecule has 0 aromatic heterocycles. The molecule has 0 nitrogen and oxygen atoms in total. The fourth-order valence-electron chi connectivity index (χ4n) is 4.35. The molecule has 6 aromatic carbocycles. The normalized spacial score (nSPS) is 10.9. The average Bonchev–Trinajstić information content (AvgIpc) is 3.43. The number of fused-ring (bicyclic) bond motifs is 2. The largest absolute Gasteiger partial charge is 2.00 e. The number of benzene rings is 4. The molecule has 0 aliphatic rings. The van der Waals surface area contributed by atoms with E-state index in [-0.39, 0.29) is 21.7 Å². The molecular weight excluding hydrogens is 463 g/mol. The van der Waals surface area contributed by atoms with Gasteiger partial charge in [0.15, 0.2) is 0 Å². The van der Waals surface area contributed by atoms with Gasteiger partial charge in [-0.1, -0.05) is 87.8 Å². The van der Waals surface area contributed by atoms with Crippen molar-refractivity contribution in [3.63, 3.8) is 0 Å². The van der Waals surface area contributed by atoms with E-state index in [0.29, 0.717) is 0 Å².